The van der Waals surface area contributed by atoms with Crippen LogP contribution in [0, 0.1) is 0 Å². The molecule has 0 aliphatic carbocycles. The third kappa shape index (κ3) is 4.05. The topological polar surface area (TPSA) is 21.3 Å². The van der Waals surface area contributed by atoms with Crippen LogP contribution in [0.1, 0.15) is 59.1 Å². The van der Waals surface area contributed by atoms with E-state index in [1.165, 1.54) is 5.56 Å². The van der Waals surface area contributed by atoms with Crippen molar-refractivity contribution in [2.75, 3.05) is 0 Å². The summed E-state index contributed by atoms with van der Waals surface area (Å²) >= 11 is 0. The molecule has 0 amide bonds. The molecule has 1 aliphatic heterocycles. The molecule has 1 saturated heterocycles. The summed E-state index contributed by atoms with van der Waals surface area (Å²) in [6.45, 7) is 11.2. The van der Waals surface area contributed by atoms with Crippen LogP contribution >= 0.6 is 0 Å². The fraction of sp³-hybridized carbons (Fsp3) is 0.647. The SMILES string of the molecule is CC(OC1CC(C)(C)NC(C)(C)C1)c1ccccc1. The van der Waals surface area contributed by atoms with Gasteiger partial charge in [0.2, 0.25) is 0 Å². The minimum absolute atomic E-state index is 0.142. The van der Waals surface area contributed by atoms with E-state index in [9.17, 15) is 0 Å². The van der Waals surface area contributed by atoms with E-state index in [-0.39, 0.29) is 17.2 Å². The van der Waals surface area contributed by atoms with E-state index in [1.54, 1.807) is 0 Å². The summed E-state index contributed by atoms with van der Waals surface area (Å²) in [7, 11) is 0. The van der Waals surface area contributed by atoms with E-state index in [0.717, 1.165) is 12.8 Å². The molecule has 19 heavy (non-hydrogen) atoms. The zero-order chi connectivity index (χ0) is 14.1. The van der Waals surface area contributed by atoms with Gasteiger partial charge < -0.3 is 10.1 Å². The molecule has 2 rings (SSSR count). The largest absolute Gasteiger partial charge is 0.370 e. The van der Waals surface area contributed by atoms with Gasteiger partial charge in [0.15, 0.2) is 0 Å². The maximum Gasteiger partial charge on any atom is 0.0800 e. The summed E-state index contributed by atoms with van der Waals surface area (Å²) in [5.41, 5.74) is 1.54. The molecule has 1 heterocycles. The second kappa shape index (κ2) is 5.26. The normalized spacial score (nSPS) is 24.1. The van der Waals surface area contributed by atoms with Gasteiger partial charge in [-0.2, -0.15) is 0 Å². The lowest BCUT2D eigenvalue weighted by Crippen LogP contribution is -2.59. The Hall–Kier alpha value is -0.860. The highest BCUT2D eigenvalue weighted by atomic mass is 16.5. The third-order valence-electron chi connectivity index (χ3n) is 3.82. The summed E-state index contributed by atoms with van der Waals surface area (Å²) in [6, 6.07) is 10.5. The lowest BCUT2D eigenvalue weighted by atomic mass is 9.81. The van der Waals surface area contributed by atoms with Gasteiger partial charge >= 0.3 is 0 Å². The molecule has 0 spiro atoms. The quantitative estimate of drug-likeness (QED) is 0.885. The van der Waals surface area contributed by atoms with Gasteiger partial charge in [-0.25, -0.2) is 0 Å². The Balaban J connectivity index is 2.03. The van der Waals surface area contributed by atoms with Crippen LogP contribution in [-0.4, -0.2) is 17.2 Å². The maximum absolute atomic E-state index is 6.31. The Bertz CT molecular complexity index is 395. The molecule has 1 aliphatic rings. The Morgan fingerprint density at radius 1 is 1.05 bits per heavy atom. The minimum Gasteiger partial charge on any atom is -0.370 e. The monoisotopic (exact) mass is 261 g/mol. The number of nitrogens with one attached hydrogen (secondary N) is 1. The van der Waals surface area contributed by atoms with Crippen LogP contribution in [-0.2, 0) is 4.74 Å². The summed E-state index contributed by atoms with van der Waals surface area (Å²) in [5.74, 6) is 0. The van der Waals surface area contributed by atoms with Crippen molar-refractivity contribution in [3.05, 3.63) is 35.9 Å². The average molecular weight is 261 g/mol. The molecule has 1 unspecified atom stereocenters. The van der Waals surface area contributed by atoms with Gasteiger partial charge in [0.25, 0.3) is 0 Å². The van der Waals surface area contributed by atoms with Crippen molar-refractivity contribution in [3.8, 4) is 0 Å². The van der Waals surface area contributed by atoms with E-state index >= 15 is 0 Å². The summed E-state index contributed by atoms with van der Waals surface area (Å²) in [4.78, 5) is 0. The second-order valence-electron chi connectivity index (χ2n) is 7.11. The Kier molecular flexibility index (Phi) is 4.03. The van der Waals surface area contributed by atoms with E-state index in [2.05, 4.69) is 64.2 Å². The van der Waals surface area contributed by atoms with Crippen molar-refractivity contribution in [2.24, 2.45) is 0 Å². The molecular formula is C17H27NO. The molecule has 2 heteroatoms. The van der Waals surface area contributed by atoms with Crippen molar-refractivity contribution in [3.63, 3.8) is 0 Å². The first kappa shape index (κ1) is 14.5. The molecule has 0 aromatic heterocycles. The van der Waals surface area contributed by atoms with Crippen molar-refractivity contribution in [1.29, 1.82) is 0 Å². The Morgan fingerprint density at radius 2 is 1.58 bits per heavy atom. The molecule has 0 radical (unpaired) electrons. The third-order valence-corrected chi connectivity index (χ3v) is 3.82. The fourth-order valence-corrected chi connectivity index (χ4v) is 3.42. The van der Waals surface area contributed by atoms with Gasteiger partial charge in [0.1, 0.15) is 0 Å². The average Bonchev–Trinajstić information content (AvgIpc) is 2.25. The van der Waals surface area contributed by atoms with Gasteiger partial charge in [-0.1, -0.05) is 30.3 Å². The molecule has 106 valence electrons. The first-order chi connectivity index (χ1) is 8.77. The Labute approximate surface area is 117 Å². The van der Waals surface area contributed by atoms with Crippen LogP contribution in [0.15, 0.2) is 30.3 Å². The first-order valence-electron chi connectivity index (χ1n) is 7.27. The number of hydrogen-bond acceptors (Lipinski definition) is 2. The molecule has 1 N–H and O–H groups in total. The smallest absolute Gasteiger partial charge is 0.0800 e. The van der Waals surface area contributed by atoms with Crippen LogP contribution in [0.5, 0.6) is 0 Å². The summed E-state index contributed by atoms with van der Waals surface area (Å²) < 4.78 is 6.31. The molecule has 1 aromatic rings. The second-order valence-corrected chi connectivity index (χ2v) is 7.11. The van der Waals surface area contributed by atoms with Gasteiger partial charge in [-0.3, -0.25) is 0 Å². The van der Waals surface area contributed by atoms with Crippen LogP contribution in [0.4, 0.5) is 0 Å². The number of hydrogen-bond donors (Lipinski definition) is 1. The molecular weight excluding hydrogens is 234 g/mol. The zero-order valence-electron chi connectivity index (χ0n) is 12.9. The summed E-state index contributed by atoms with van der Waals surface area (Å²) in [5, 5.41) is 3.69. The van der Waals surface area contributed by atoms with Gasteiger partial charge in [0, 0.05) is 11.1 Å². The van der Waals surface area contributed by atoms with Crippen molar-refractivity contribution in [1.82, 2.24) is 5.32 Å². The molecule has 2 nitrogen and oxygen atoms in total. The zero-order valence-corrected chi connectivity index (χ0v) is 12.9. The highest BCUT2D eigenvalue weighted by Gasteiger charge is 2.38. The van der Waals surface area contributed by atoms with Crippen molar-refractivity contribution >= 4 is 0 Å². The maximum atomic E-state index is 6.31. The lowest BCUT2D eigenvalue weighted by Gasteiger charge is -2.46. The first-order valence-corrected chi connectivity index (χ1v) is 7.27. The van der Waals surface area contributed by atoms with E-state index in [1.807, 2.05) is 6.07 Å². The van der Waals surface area contributed by atoms with Crippen molar-refractivity contribution < 1.29 is 4.74 Å². The fourth-order valence-electron chi connectivity index (χ4n) is 3.42. The van der Waals surface area contributed by atoms with Crippen LogP contribution in [0.3, 0.4) is 0 Å². The summed E-state index contributed by atoms with van der Waals surface area (Å²) in [6.07, 6.45) is 2.61. The van der Waals surface area contributed by atoms with Crippen molar-refractivity contribution in [2.45, 2.75) is 70.7 Å². The number of benzene rings is 1. The molecule has 1 atom stereocenters. The van der Waals surface area contributed by atoms with E-state index in [4.69, 9.17) is 4.74 Å². The highest BCUT2D eigenvalue weighted by Crippen LogP contribution is 2.33. The molecule has 0 bridgehead atoms. The number of piperidine rings is 1. The lowest BCUT2D eigenvalue weighted by molar-refractivity contribution is -0.0587. The van der Waals surface area contributed by atoms with Gasteiger partial charge in [-0.05, 0) is 53.0 Å². The van der Waals surface area contributed by atoms with Gasteiger partial charge in [-0.15, -0.1) is 0 Å². The van der Waals surface area contributed by atoms with E-state index < -0.39 is 0 Å². The number of rotatable bonds is 3. The molecule has 1 fully saturated rings. The Morgan fingerprint density at radius 3 is 2.11 bits per heavy atom. The standard InChI is InChI=1S/C17H27NO/c1-13(14-9-7-6-8-10-14)19-15-11-16(2,3)18-17(4,5)12-15/h6-10,13,15,18H,11-12H2,1-5H3. The van der Waals surface area contributed by atoms with Crippen LogP contribution in [0.25, 0.3) is 0 Å². The van der Waals surface area contributed by atoms with Crippen LogP contribution in [0.2, 0.25) is 0 Å². The van der Waals surface area contributed by atoms with Gasteiger partial charge in [0.05, 0.1) is 12.2 Å². The van der Waals surface area contributed by atoms with Crippen LogP contribution < -0.4 is 5.32 Å². The highest BCUT2D eigenvalue weighted by molar-refractivity contribution is 5.17. The predicted molar refractivity (Wildman–Crippen MR) is 80.3 cm³/mol. The minimum atomic E-state index is 0.142. The number of ether oxygens (including phenoxy) is 1. The molecule has 1 aromatic carbocycles. The van der Waals surface area contributed by atoms with E-state index in [0.29, 0.717) is 6.10 Å². The molecule has 0 saturated carbocycles. The predicted octanol–water partition coefficient (Wildman–Crippen LogP) is 4.07.